The van der Waals surface area contributed by atoms with Crippen LogP contribution in [0.15, 0.2) is 18.3 Å². The van der Waals surface area contributed by atoms with Crippen LogP contribution in [0.2, 0.25) is 0 Å². The Balaban J connectivity index is 2.93. The molecule has 0 fully saturated rings. The quantitative estimate of drug-likeness (QED) is 0.793. The Kier molecular flexibility index (Phi) is 6.09. The van der Waals surface area contributed by atoms with Crippen LogP contribution in [0.1, 0.15) is 19.4 Å². The van der Waals surface area contributed by atoms with E-state index in [1.165, 1.54) is 5.56 Å². The van der Waals surface area contributed by atoms with E-state index in [0.717, 1.165) is 25.3 Å². The molecule has 1 aromatic heterocycles. The van der Waals surface area contributed by atoms with Gasteiger partial charge in [0.05, 0.1) is 0 Å². The molecule has 4 heteroatoms. The van der Waals surface area contributed by atoms with Gasteiger partial charge in [-0.1, -0.05) is 6.07 Å². The summed E-state index contributed by atoms with van der Waals surface area (Å²) in [7, 11) is 4.20. The normalized spacial score (nSPS) is 12.8. The van der Waals surface area contributed by atoms with Crippen molar-refractivity contribution in [1.82, 2.24) is 9.88 Å². The molecule has 0 aromatic carbocycles. The third-order valence-electron chi connectivity index (χ3n) is 3.06. The molecule has 0 spiro atoms. The Morgan fingerprint density at radius 3 is 2.67 bits per heavy atom. The van der Waals surface area contributed by atoms with Gasteiger partial charge in [-0.05, 0) is 52.5 Å². The van der Waals surface area contributed by atoms with E-state index in [0.29, 0.717) is 12.6 Å². The lowest BCUT2D eigenvalue weighted by Gasteiger charge is -2.32. The lowest BCUT2D eigenvalue weighted by molar-refractivity contribution is 0.372. The van der Waals surface area contributed by atoms with Gasteiger partial charge in [0.2, 0.25) is 0 Å². The Labute approximate surface area is 111 Å². The number of hydrogen-bond donors (Lipinski definition) is 1. The first kappa shape index (κ1) is 14.9. The first-order valence-corrected chi connectivity index (χ1v) is 6.65. The molecule has 2 N–H and O–H groups in total. The number of nitrogens with two attached hydrogens (primary N) is 1. The topological polar surface area (TPSA) is 45.4 Å². The largest absolute Gasteiger partial charge is 0.353 e. The minimum Gasteiger partial charge on any atom is -0.353 e. The maximum atomic E-state index is 5.67. The van der Waals surface area contributed by atoms with Gasteiger partial charge in [0.25, 0.3) is 0 Å². The van der Waals surface area contributed by atoms with Crippen LogP contribution in [0.4, 0.5) is 5.82 Å². The molecule has 1 unspecified atom stereocenters. The summed E-state index contributed by atoms with van der Waals surface area (Å²) >= 11 is 0. The van der Waals surface area contributed by atoms with Gasteiger partial charge in [-0.2, -0.15) is 0 Å². The third-order valence-corrected chi connectivity index (χ3v) is 3.06. The summed E-state index contributed by atoms with van der Waals surface area (Å²) in [6.07, 6.45) is 2.74. The van der Waals surface area contributed by atoms with Crippen LogP contribution in [-0.4, -0.2) is 49.7 Å². The van der Waals surface area contributed by atoms with Crippen LogP contribution in [0, 0.1) is 0 Å². The number of aromatic nitrogens is 1. The highest BCUT2D eigenvalue weighted by molar-refractivity contribution is 5.47. The lowest BCUT2D eigenvalue weighted by Crippen LogP contribution is -2.41. The van der Waals surface area contributed by atoms with E-state index < -0.39 is 0 Å². The van der Waals surface area contributed by atoms with E-state index in [4.69, 9.17) is 5.73 Å². The average molecular weight is 250 g/mol. The molecule has 1 atom stereocenters. The molecule has 102 valence electrons. The Morgan fingerprint density at radius 2 is 2.11 bits per heavy atom. The highest BCUT2D eigenvalue weighted by Crippen LogP contribution is 2.19. The summed E-state index contributed by atoms with van der Waals surface area (Å²) in [5.74, 6) is 1.08. The van der Waals surface area contributed by atoms with E-state index in [2.05, 4.69) is 48.8 Å². The molecule has 0 bridgehead atoms. The van der Waals surface area contributed by atoms with Crippen molar-refractivity contribution >= 4 is 5.82 Å². The van der Waals surface area contributed by atoms with Crippen molar-refractivity contribution in [2.24, 2.45) is 5.73 Å². The molecule has 0 saturated carbocycles. The fraction of sp³-hybridized carbons (Fsp3) is 0.643. The van der Waals surface area contributed by atoms with Crippen molar-refractivity contribution in [2.45, 2.75) is 26.3 Å². The maximum absolute atomic E-state index is 5.67. The number of rotatable bonds is 7. The lowest BCUT2D eigenvalue weighted by atomic mass is 10.1. The van der Waals surface area contributed by atoms with Gasteiger partial charge in [0, 0.05) is 25.3 Å². The van der Waals surface area contributed by atoms with Crippen molar-refractivity contribution in [3.05, 3.63) is 23.9 Å². The number of pyridine rings is 1. The second-order valence-corrected chi connectivity index (χ2v) is 4.92. The van der Waals surface area contributed by atoms with Gasteiger partial charge in [-0.25, -0.2) is 4.98 Å². The van der Waals surface area contributed by atoms with Crippen molar-refractivity contribution in [3.63, 3.8) is 0 Å². The summed E-state index contributed by atoms with van der Waals surface area (Å²) in [6.45, 7) is 7.06. The predicted molar refractivity (Wildman–Crippen MR) is 78.0 cm³/mol. The minimum absolute atomic E-state index is 0.441. The molecule has 1 rings (SSSR count). The van der Waals surface area contributed by atoms with Gasteiger partial charge in [-0.3, -0.25) is 0 Å². The zero-order chi connectivity index (χ0) is 13.5. The molecular weight excluding hydrogens is 224 g/mol. The highest BCUT2D eigenvalue weighted by atomic mass is 15.2. The van der Waals surface area contributed by atoms with Crippen LogP contribution < -0.4 is 10.6 Å². The van der Waals surface area contributed by atoms with Crippen molar-refractivity contribution in [3.8, 4) is 0 Å². The average Bonchev–Trinajstić information content (AvgIpc) is 2.31. The molecule has 0 saturated heterocycles. The molecule has 4 nitrogen and oxygen atoms in total. The van der Waals surface area contributed by atoms with E-state index in [1.54, 1.807) is 0 Å². The Hall–Kier alpha value is -1.13. The molecule has 18 heavy (non-hydrogen) atoms. The number of anilines is 1. The zero-order valence-corrected chi connectivity index (χ0v) is 12.1. The van der Waals surface area contributed by atoms with E-state index in [9.17, 15) is 0 Å². The van der Waals surface area contributed by atoms with E-state index in [-0.39, 0.29) is 0 Å². The molecule has 0 aliphatic heterocycles. The van der Waals surface area contributed by atoms with Crippen LogP contribution in [0.5, 0.6) is 0 Å². The van der Waals surface area contributed by atoms with Crippen LogP contribution >= 0.6 is 0 Å². The van der Waals surface area contributed by atoms with Crippen LogP contribution in [0.3, 0.4) is 0 Å². The summed E-state index contributed by atoms with van der Waals surface area (Å²) in [5.41, 5.74) is 6.92. The first-order valence-electron chi connectivity index (χ1n) is 6.65. The van der Waals surface area contributed by atoms with Gasteiger partial charge < -0.3 is 15.5 Å². The van der Waals surface area contributed by atoms with Gasteiger partial charge in [-0.15, -0.1) is 0 Å². The second-order valence-electron chi connectivity index (χ2n) is 4.92. The van der Waals surface area contributed by atoms with Crippen molar-refractivity contribution in [2.75, 3.05) is 38.6 Å². The van der Waals surface area contributed by atoms with Crippen LogP contribution in [-0.2, 0) is 6.42 Å². The SMILES string of the molecule is CCN(c1ncccc1CCN)C(C)CN(C)C. The van der Waals surface area contributed by atoms with Crippen molar-refractivity contribution in [1.29, 1.82) is 0 Å². The summed E-state index contributed by atoms with van der Waals surface area (Å²) in [5, 5.41) is 0. The molecule has 0 radical (unpaired) electrons. The second kappa shape index (κ2) is 7.34. The fourth-order valence-electron chi connectivity index (χ4n) is 2.34. The van der Waals surface area contributed by atoms with Gasteiger partial charge in [0.15, 0.2) is 0 Å². The number of hydrogen-bond acceptors (Lipinski definition) is 4. The third kappa shape index (κ3) is 3.96. The molecular formula is C14H26N4. The number of likely N-dealkylation sites (N-methyl/N-ethyl adjacent to an activating group) is 2. The smallest absolute Gasteiger partial charge is 0.132 e. The standard InChI is InChI=1S/C14H26N4/c1-5-18(12(2)11-17(3)4)14-13(8-9-15)7-6-10-16-14/h6-7,10,12H,5,8-9,11,15H2,1-4H3. The van der Waals surface area contributed by atoms with Crippen LogP contribution in [0.25, 0.3) is 0 Å². The monoisotopic (exact) mass is 250 g/mol. The summed E-state index contributed by atoms with van der Waals surface area (Å²) < 4.78 is 0. The molecule has 0 amide bonds. The molecule has 0 aliphatic carbocycles. The molecule has 0 aliphatic rings. The van der Waals surface area contributed by atoms with Crippen molar-refractivity contribution < 1.29 is 0 Å². The van der Waals surface area contributed by atoms with E-state index in [1.807, 2.05) is 12.3 Å². The minimum atomic E-state index is 0.441. The van der Waals surface area contributed by atoms with Gasteiger partial charge in [0.1, 0.15) is 5.82 Å². The Morgan fingerprint density at radius 1 is 1.39 bits per heavy atom. The highest BCUT2D eigenvalue weighted by Gasteiger charge is 2.17. The van der Waals surface area contributed by atoms with E-state index >= 15 is 0 Å². The van der Waals surface area contributed by atoms with Gasteiger partial charge >= 0.3 is 0 Å². The maximum Gasteiger partial charge on any atom is 0.132 e. The summed E-state index contributed by atoms with van der Waals surface area (Å²) in [6, 6.07) is 4.55. The fourth-order valence-corrected chi connectivity index (χ4v) is 2.34. The summed E-state index contributed by atoms with van der Waals surface area (Å²) in [4.78, 5) is 9.11. The predicted octanol–water partition coefficient (Wildman–Crippen LogP) is 1.36. The molecule has 1 heterocycles. The first-order chi connectivity index (χ1) is 8.60. The zero-order valence-electron chi connectivity index (χ0n) is 12.1. The molecule has 1 aromatic rings. The Bertz CT molecular complexity index is 351. The number of nitrogens with zero attached hydrogens (tertiary/aromatic N) is 3.